The van der Waals surface area contributed by atoms with Gasteiger partial charge in [-0.2, -0.15) is 0 Å². The predicted molar refractivity (Wildman–Crippen MR) is 78.9 cm³/mol. The molecule has 0 bridgehead atoms. The minimum atomic E-state index is -0.272. The van der Waals surface area contributed by atoms with Crippen molar-refractivity contribution in [3.8, 4) is 0 Å². The number of halogens is 1. The maximum absolute atomic E-state index is 13.2. The second-order valence-electron chi connectivity index (χ2n) is 4.60. The molecule has 0 aliphatic carbocycles. The average molecular weight is 272 g/mol. The topological polar surface area (TPSA) is 55.1 Å². The Morgan fingerprint density at radius 1 is 1.20 bits per heavy atom. The van der Waals surface area contributed by atoms with Gasteiger partial charge in [-0.3, -0.25) is 4.79 Å². The van der Waals surface area contributed by atoms with Gasteiger partial charge < -0.3 is 11.1 Å². The first-order valence-electron chi connectivity index (χ1n) is 6.46. The summed E-state index contributed by atoms with van der Waals surface area (Å²) in [6, 6.07) is 11.8. The number of rotatable bonds is 5. The van der Waals surface area contributed by atoms with E-state index < -0.39 is 0 Å². The summed E-state index contributed by atoms with van der Waals surface area (Å²) in [6.07, 6.45) is 0.603. The molecule has 20 heavy (non-hydrogen) atoms. The van der Waals surface area contributed by atoms with Crippen LogP contribution in [0.2, 0.25) is 0 Å². The second-order valence-corrected chi connectivity index (χ2v) is 4.60. The first kappa shape index (κ1) is 14.2. The lowest BCUT2D eigenvalue weighted by Crippen LogP contribution is -2.06. The molecule has 0 amide bonds. The van der Waals surface area contributed by atoms with E-state index in [9.17, 15) is 9.18 Å². The fourth-order valence-electron chi connectivity index (χ4n) is 1.99. The standard InChI is InChI=1S/C16H17FN2O/c1-11(20)12-2-5-15(6-3-12)19-16-7-4-14(17)10-13(16)8-9-18/h2-7,10,19H,8-9,18H2,1H3. The van der Waals surface area contributed by atoms with E-state index in [1.165, 1.54) is 19.1 Å². The molecule has 0 fully saturated rings. The Bertz CT molecular complexity index is 608. The number of benzene rings is 2. The summed E-state index contributed by atoms with van der Waals surface area (Å²) >= 11 is 0. The molecule has 0 radical (unpaired) electrons. The highest BCUT2D eigenvalue weighted by molar-refractivity contribution is 5.94. The van der Waals surface area contributed by atoms with Crippen molar-refractivity contribution < 1.29 is 9.18 Å². The van der Waals surface area contributed by atoms with Crippen LogP contribution in [-0.4, -0.2) is 12.3 Å². The molecule has 0 aliphatic rings. The largest absolute Gasteiger partial charge is 0.355 e. The van der Waals surface area contributed by atoms with Crippen molar-refractivity contribution in [3.05, 3.63) is 59.4 Å². The van der Waals surface area contributed by atoms with Crippen molar-refractivity contribution in [1.82, 2.24) is 0 Å². The first-order valence-corrected chi connectivity index (χ1v) is 6.46. The number of carbonyl (C=O) groups is 1. The van der Waals surface area contributed by atoms with Gasteiger partial charge in [0.1, 0.15) is 5.82 Å². The van der Waals surface area contributed by atoms with E-state index >= 15 is 0 Å². The van der Waals surface area contributed by atoms with Crippen molar-refractivity contribution in [2.75, 3.05) is 11.9 Å². The molecule has 0 spiro atoms. The van der Waals surface area contributed by atoms with Gasteiger partial charge in [-0.1, -0.05) is 0 Å². The molecule has 3 nitrogen and oxygen atoms in total. The predicted octanol–water partition coefficient (Wildman–Crippen LogP) is 3.27. The minimum absolute atomic E-state index is 0.0298. The van der Waals surface area contributed by atoms with Crippen molar-refractivity contribution in [2.45, 2.75) is 13.3 Å². The molecular formula is C16H17FN2O. The maximum Gasteiger partial charge on any atom is 0.159 e. The average Bonchev–Trinajstić information content (AvgIpc) is 2.43. The van der Waals surface area contributed by atoms with Crippen molar-refractivity contribution in [1.29, 1.82) is 0 Å². The van der Waals surface area contributed by atoms with Gasteiger partial charge in [-0.15, -0.1) is 0 Å². The molecule has 0 heterocycles. The van der Waals surface area contributed by atoms with Crippen LogP contribution in [0.4, 0.5) is 15.8 Å². The van der Waals surface area contributed by atoms with Crippen molar-refractivity contribution in [2.24, 2.45) is 5.73 Å². The van der Waals surface area contributed by atoms with E-state index in [-0.39, 0.29) is 11.6 Å². The Labute approximate surface area is 117 Å². The Kier molecular flexibility index (Phi) is 4.48. The number of Topliss-reactive ketones (excluding diaryl/α,β-unsaturated/α-hetero) is 1. The summed E-state index contributed by atoms with van der Waals surface area (Å²) < 4.78 is 13.2. The third kappa shape index (κ3) is 3.42. The van der Waals surface area contributed by atoms with E-state index in [4.69, 9.17) is 5.73 Å². The highest BCUT2D eigenvalue weighted by Crippen LogP contribution is 2.22. The lowest BCUT2D eigenvalue weighted by molar-refractivity contribution is 0.101. The fourth-order valence-corrected chi connectivity index (χ4v) is 1.99. The van der Waals surface area contributed by atoms with Crippen LogP contribution in [0.25, 0.3) is 0 Å². The van der Waals surface area contributed by atoms with Gasteiger partial charge in [-0.25, -0.2) is 4.39 Å². The molecule has 0 atom stereocenters. The Balaban J connectivity index is 2.22. The molecule has 2 aromatic rings. The monoisotopic (exact) mass is 272 g/mol. The highest BCUT2D eigenvalue weighted by Gasteiger charge is 2.05. The number of nitrogens with one attached hydrogen (secondary N) is 1. The van der Waals surface area contributed by atoms with Crippen LogP contribution in [0.1, 0.15) is 22.8 Å². The third-order valence-electron chi connectivity index (χ3n) is 3.05. The van der Waals surface area contributed by atoms with Gasteiger partial charge in [0.05, 0.1) is 0 Å². The number of hydrogen-bond acceptors (Lipinski definition) is 3. The van der Waals surface area contributed by atoms with Crippen LogP contribution in [0.5, 0.6) is 0 Å². The molecule has 0 unspecified atom stereocenters. The van der Waals surface area contributed by atoms with Gasteiger partial charge in [0, 0.05) is 16.9 Å². The van der Waals surface area contributed by atoms with Crippen LogP contribution in [0.15, 0.2) is 42.5 Å². The zero-order valence-corrected chi connectivity index (χ0v) is 11.3. The molecule has 0 aromatic heterocycles. The number of hydrogen-bond donors (Lipinski definition) is 2. The molecule has 0 saturated heterocycles. The second kappa shape index (κ2) is 6.30. The van der Waals surface area contributed by atoms with Crippen LogP contribution in [0.3, 0.4) is 0 Å². The Morgan fingerprint density at radius 2 is 1.90 bits per heavy atom. The lowest BCUT2D eigenvalue weighted by Gasteiger charge is -2.12. The summed E-state index contributed by atoms with van der Waals surface area (Å²) in [5.41, 5.74) is 8.71. The van der Waals surface area contributed by atoms with Crippen LogP contribution in [0, 0.1) is 5.82 Å². The number of ketones is 1. The molecule has 2 rings (SSSR count). The zero-order valence-electron chi connectivity index (χ0n) is 11.3. The molecule has 0 aliphatic heterocycles. The van der Waals surface area contributed by atoms with Crippen LogP contribution in [-0.2, 0) is 6.42 Å². The quantitative estimate of drug-likeness (QED) is 0.821. The first-order chi connectivity index (χ1) is 9.60. The number of carbonyl (C=O) groups excluding carboxylic acids is 1. The lowest BCUT2D eigenvalue weighted by atomic mass is 10.1. The van der Waals surface area contributed by atoms with E-state index in [1.54, 1.807) is 18.2 Å². The molecular weight excluding hydrogens is 255 g/mol. The molecule has 104 valence electrons. The normalized spacial score (nSPS) is 10.3. The summed E-state index contributed by atoms with van der Waals surface area (Å²) in [6.45, 7) is 1.99. The zero-order chi connectivity index (χ0) is 14.5. The maximum atomic E-state index is 13.2. The summed E-state index contributed by atoms with van der Waals surface area (Å²) in [7, 11) is 0. The fraction of sp³-hybridized carbons (Fsp3) is 0.188. The number of anilines is 2. The van der Waals surface area contributed by atoms with Gasteiger partial charge >= 0.3 is 0 Å². The summed E-state index contributed by atoms with van der Waals surface area (Å²) in [5.74, 6) is -0.243. The van der Waals surface area contributed by atoms with Crippen molar-refractivity contribution in [3.63, 3.8) is 0 Å². The van der Waals surface area contributed by atoms with Crippen molar-refractivity contribution >= 4 is 17.2 Å². The molecule has 2 aromatic carbocycles. The SMILES string of the molecule is CC(=O)c1ccc(Nc2ccc(F)cc2CCN)cc1. The minimum Gasteiger partial charge on any atom is -0.355 e. The van der Waals surface area contributed by atoms with E-state index in [0.717, 1.165) is 16.9 Å². The van der Waals surface area contributed by atoms with Crippen LogP contribution < -0.4 is 11.1 Å². The smallest absolute Gasteiger partial charge is 0.159 e. The Morgan fingerprint density at radius 3 is 2.50 bits per heavy atom. The molecule has 3 N–H and O–H groups in total. The summed E-state index contributed by atoms with van der Waals surface area (Å²) in [4.78, 5) is 11.2. The van der Waals surface area contributed by atoms with Gasteiger partial charge in [-0.05, 0) is 67.9 Å². The van der Waals surface area contributed by atoms with Crippen LogP contribution >= 0.6 is 0 Å². The third-order valence-corrected chi connectivity index (χ3v) is 3.05. The summed E-state index contributed by atoms with van der Waals surface area (Å²) in [5, 5.41) is 3.22. The Hall–Kier alpha value is -2.20. The molecule has 4 heteroatoms. The van der Waals surface area contributed by atoms with Gasteiger partial charge in [0.25, 0.3) is 0 Å². The van der Waals surface area contributed by atoms with E-state index in [2.05, 4.69) is 5.32 Å². The highest BCUT2D eigenvalue weighted by atomic mass is 19.1. The van der Waals surface area contributed by atoms with E-state index in [1.807, 2.05) is 12.1 Å². The molecule has 0 saturated carbocycles. The van der Waals surface area contributed by atoms with Gasteiger partial charge in [0.15, 0.2) is 5.78 Å². The number of nitrogens with two attached hydrogens (primary N) is 1. The van der Waals surface area contributed by atoms with E-state index in [0.29, 0.717) is 18.5 Å². The van der Waals surface area contributed by atoms with Gasteiger partial charge in [0.2, 0.25) is 0 Å².